The van der Waals surface area contributed by atoms with Crippen LogP contribution in [0, 0.1) is 34.4 Å². The number of aliphatic hydroxyl groups excluding tert-OH is 1. The normalized spacial score (nSPS) is 33.7. The molecule has 4 aliphatic carbocycles. The maximum absolute atomic E-state index is 14.0. The number of rotatable bonds is 7. The molecule has 1 aromatic heterocycles. The van der Waals surface area contributed by atoms with Crippen LogP contribution in [-0.2, 0) is 30.3 Å². The zero-order valence-corrected chi connectivity index (χ0v) is 26.6. The van der Waals surface area contributed by atoms with Gasteiger partial charge >= 0.3 is 11.9 Å². The number of benzene rings is 1. The predicted octanol–water partition coefficient (Wildman–Crippen LogP) is 5.68. The lowest BCUT2D eigenvalue weighted by molar-refractivity contribution is -0.196. The van der Waals surface area contributed by atoms with Crippen LogP contribution in [0.25, 0.3) is 11.8 Å². The van der Waals surface area contributed by atoms with Crippen molar-refractivity contribution in [2.75, 3.05) is 12.4 Å². The molecule has 0 bridgehead atoms. The molecule has 44 heavy (non-hydrogen) atoms. The molecule has 2 aromatic rings. The number of carbonyl (C=O) groups excluding carboxylic acids is 3. The number of carbonyl (C=O) groups is 3. The number of esters is 2. The molecule has 0 radical (unpaired) electrons. The van der Waals surface area contributed by atoms with Crippen LogP contribution in [0.15, 0.2) is 36.0 Å². The van der Waals surface area contributed by atoms with Gasteiger partial charge in [0.15, 0.2) is 5.60 Å². The van der Waals surface area contributed by atoms with Crippen molar-refractivity contribution in [3.63, 3.8) is 0 Å². The molecular formula is C34H41FN2O6S. The smallest absolute Gasteiger partial charge is 0.306 e. The summed E-state index contributed by atoms with van der Waals surface area (Å²) in [5, 5.41) is 16.5. The molecule has 7 atom stereocenters. The topological polar surface area (TPSA) is 108 Å². The van der Waals surface area contributed by atoms with Gasteiger partial charge in [-0.15, -0.1) is 0 Å². The molecule has 0 spiro atoms. The van der Waals surface area contributed by atoms with Crippen LogP contribution in [0.3, 0.4) is 0 Å². The van der Waals surface area contributed by atoms with Crippen molar-refractivity contribution in [2.24, 2.45) is 28.6 Å². The number of aromatic nitrogens is 2. The van der Waals surface area contributed by atoms with Gasteiger partial charge in [-0.05, 0) is 97.6 Å². The first-order valence-corrected chi connectivity index (χ1v) is 16.7. The molecule has 4 aliphatic rings. The minimum Gasteiger partial charge on any atom is -0.465 e. The summed E-state index contributed by atoms with van der Waals surface area (Å²) < 4.78 is 26.6. The number of allylic oxidation sites excluding steroid dienone is 1. The van der Waals surface area contributed by atoms with Crippen LogP contribution in [0.4, 0.5) is 4.39 Å². The summed E-state index contributed by atoms with van der Waals surface area (Å²) in [6.45, 7) is 7.45. The van der Waals surface area contributed by atoms with Crippen LogP contribution in [0.1, 0.15) is 77.5 Å². The summed E-state index contributed by atoms with van der Waals surface area (Å²) in [7, 11) is 0. The second kappa shape index (κ2) is 11.4. The largest absolute Gasteiger partial charge is 0.465 e. The van der Waals surface area contributed by atoms with Gasteiger partial charge in [0.05, 0.1) is 23.7 Å². The van der Waals surface area contributed by atoms with Gasteiger partial charge < -0.3 is 14.6 Å². The van der Waals surface area contributed by atoms with E-state index in [0.717, 1.165) is 54.4 Å². The summed E-state index contributed by atoms with van der Waals surface area (Å²) in [5.41, 5.74) is 1.83. The molecule has 10 heteroatoms. The van der Waals surface area contributed by atoms with Gasteiger partial charge in [0.25, 0.3) is 0 Å². The number of nitrogens with zero attached hydrogens (tertiary/aromatic N) is 2. The molecule has 0 saturated heterocycles. The van der Waals surface area contributed by atoms with E-state index in [-0.39, 0.29) is 52.9 Å². The Morgan fingerprint density at radius 2 is 1.93 bits per heavy atom. The van der Waals surface area contributed by atoms with Crippen molar-refractivity contribution < 1.29 is 33.4 Å². The highest BCUT2D eigenvalue weighted by molar-refractivity contribution is 8.13. The zero-order valence-electron chi connectivity index (χ0n) is 25.8. The van der Waals surface area contributed by atoms with Crippen LogP contribution in [0.2, 0.25) is 0 Å². The van der Waals surface area contributed by atoms with Crippen molar-refractivity contribution in [2.45, 2.75) is 84.3 Å². The molecule has 0 amide bonds. The van der Waals surface area contributed by atoms with E-state index < -0.39 is 29.1 Å². The van der Waals surface area contributed by atoms with E-state index in [0.29, 0.717) is 12.8 Å². The van der Waals surface area contributed by atoms with Gasteiger partial charge in [0.2, 0.25) is 5.12 Å². The van der Waals surface area contributed by atoms with Crippen LogP contribution in [-0.4, -0.2) is 56.0 Å². The van der Waals surface area contributed by atoms with Crippen LogP contribution < -0.4 is 0 Å². The average Bonchev–Trinajstić information content (AvgIpc) is 3.51. The molecule has 3 fully saturated rings. The maximum Gasteiger partial charge on any atom is 0.306 e. The van der Waals surface area contributed by atoms with Gasteiger partial charge in [0.1, 0.15) is 12.4 Å². The average molecular weight is 625 g/mol. The number of ether oxygens (including phenoxy) is 2. The summed E-state index contributed by atoms with van der Waals surface area (Å²) in [6.07, 6.45) is 7.54. The number of fused-ring (bicyclic) bond motifs is 6. The van der Waals surface area contributed by atoms with Crippen LogP contribution in [0.5, 0.6) is 0 Å². The SMILES string of the molecule is CCC(=O)O[C@]1(C(=O)SCCOC(C)=O)CC[C@H]2[C@@H]3CCC4=Cc5c(cnn5-c5ccc(F)cc5)C[C@]4(C)[C@H]3[C@@H](O)C[C@@]21C. The van der Waals surface area contributed by atoms with E-state index >= 15 is 0 Å². The Bertz CT molecular complexity index is 1510. The third kappa shape index (κ3) is 4.83. The van der Waals surface area contributed by atoms with Gasteiger partial charge in [-0.3, -0.25) is 14.4 Å². The van der Waals surface area contributed by atoms with E-state index in [4.69, 9.17) is 9.47 Å². The summed E-state index contributed by atoms with van der Waals surface area (Å²) >= 11 is 1.05. The Hall–Kier alpha value is -2.98. The Morgan fingerprint density at radius 3 is 2.64 bits per heavy atom. The maximum atomic E-state index is 14.0. The van der Waals surface area contributed by atoms with Gasteiger partial charge in [-0.2, -0.15) is 5.10 Å². The van der Waals surface area contributed by atoms with Crippen molar-refractivity contribution in [3.8, 4) is 5.69 Å². The lowest BCUT2D eigenvalue weighted by atomic mass is 9.45. The van der Waals surface area contributed by atoms with E-state index in [9.17, 15) is 23.9 Å². The highest BCUT2D eigenvalue weighted by Gasteiger charge is 2.70. The molecule has 1 heterocycles. The summed E-state index contributed by atoms with van der Waals surface area (Å²) in [4.78, 5) is 38.0. The van der Waals surface area contributed by atoms with Crippen LogP contribution >= 0.6 is 11.8 Å². The Morgan fingerprint density at radius 1 is 1.18 bits per heavy atom. The first-order chi connectivity index (χ1) is 20.9. The van der Waals surface area contributed by atoms with Crippen molar-refractivity contribution in [1.29, 1.82) is 0 Å². The predicted molar refractivity (Wildman–Crippen MR) is 164 cm³/mol. The number of hydrogen-bond acceptors (Lipinski definition) is 8. The fourth-order valence-corrected chi connectivity index (χ4v) is 10.2. The molecule has 1 N–H and O–H groups in total. The third-order valence-corrected chi connectivity index (χ3v) is 12.1. The van der Waals surface area contributed by atoms with Crippen molar-refractivity contribution in [3.05, 3.63) is 53.1 Å². The fourth-order valence-electron chi connectivity index (χ4n) is 9.21. The quantitative estimate of drug-likeness (QED) is 0.310. The first kappa shape index (κ1) is 31.0. The summed E-state index contributed by atoms with van der Waals surface area (Å²) in [6, 6.07) is 6.33. The summed E-state index contributed by atoms with van der Waals surface area (Å²) in [5.74, 6) is -0.611. The monoisotopic (exact) mass is 624 g/mol. The molecular weight excluding hydrogens is 583 g/mol. The molecule has 236 valence electrons. The lowest BCUT2D eigenvalue weighted by Gasteiger charge is -2.60. The van der Waals surface area contributed by atoms with Gasteiger partial charge in [-0.25, -0.2) is 9.07 Å². The van der Waals surface area contributed by atoms with Crippen molar-refractivity contribution >= 4 is 34.9 Å². The third-order valence-electron chi connectivity index (χ3n) is 11.1. The minimum absolute atomic E-state index is 0.0210. The number of aliphatic hydroxyl groups is 1. The molecule has 0 unspecified atom stereocenters. The second-order valence-electron chi connectivity index (χ2n) is 13.4. The highest BCUT2D eigenvalue weighted by atomic mass is 32.2. The standard InChI is InChI=1S/C34H41FN2O6S/c1-5-29(40)43-34(31(41)44-15-14-42-20(2)38)13-12-26-25-11-6-22-16-27-21(19-36-37(27)24-9-7-23(35)8-10-24)17-32(22,3)30(25)28(39)18-33(26,34)4/h7-10,16,19,25-26,28,30,39H,5-6,11-15,17-18H2,1-4H3/t25-,26-,28-,30+,32-,33-,34-/m0/s1. The fraction of sp³-hybridized carbons (Fsp3) is 0.588. The van der Waals surface area contributed by atoms with Gasteiger partial charge in [-0.1, -0.05) is 38.1 Å². The van der Waals surface area contributed by atoms with Gasteiger partial charge in [0, 0.05) is 24.5 Å². The number of halogens is 1. The number of thioether (sulfide) groups is 1. The molecule has 8 nitrogen and oxygen atoms in total. The van der Waals surface area contributed by atoms with E-state index in [1.807, 2.05) is 17.8 Å². The molecule has 6 rings (SSSR count). The lowest BCUT2D eigenvalue weighted by Crippen LogP contribution is -2.62. The Kier molecular flexibility index (Phi) is 8.06. The van der Waals surface area contributed by atoms with E-state index in [1.165, 1.54) is 24.6 Å². The highest BCUT2D eigenvalue weighted by Crippen LogP contribution is 2.68. The molecule has 3 saturated carbocycles. The minimum atomic E-state index is -1.34. The number of hydrogen-bond donors (Lipinski definition) is 1. The van der Waals surface area contributed by atoms with Crippen molar-refractivity contribution in [1.82, 2.24) is 9.78 Å². The van der Waals surface area contributed by atoms with E-state index in [1.54, 1.807) is 19.1 Å². The molecule has 0 aliphatic heterocycles. The Labute approximate surface area is 261 Å². The Balaban J connectivity index is 1.30. The second-order valence-corrected chi connectivity index (χ2v) is 14.5. The first-order valence-electron chi connectivity index (χ1n) is 15.7. The van der Waals surface area contributed by atoms with E-state index in [2.05, 4.69) is 18.1 Å². The molecule has 1 aromatic carbocycles. The zero-order chi connectivity index (χ0) is 31.4.